The Balaban J connectivity index is 2.45. The van der Waals surface area contributed by atoms with Gasteiger partial charge in [-0.05, 0) is 127 Å². The lowest BCUT2D eigenvalue weighted by Gasteiger charge is -2.40. The van der Waals surface area contributed by atoms with Crippen molar-refractivity contribution in [3.05, 3.63) is 72.8 Å². The second kappa shape index (κ2) is 12.2. The molecule has 11 heteroatoms. The maximum Gasteiger partial charge on any atom is 0.405 e. The Labute approximate surface area is 255 Å². The van der Waals surface area contributed by atoms with Crippen LogP contribution in [0.25, 0.3) is 0 Å². The van der Waals surface area contributed by atoms with Crippen molar-refractivity contribution in [3.63, 3.8) is 0 Å². The maximum absolute atomic E-state index is 13.6. The highest BCUT2D eigenvalue weighted by Gasteiger charge is 2.44. The molecule has 6 nitrogen and oxygen atoms in total. The summed E-state index contributed by atoms with van der Waals surface area (Å²) < 4.78 is 91.5. The van der Waals surface area contributed by atoms with Gasteiger partial charge in [-0.1, -0.05) is 18.2 Å². The SMILES string of the molecule is CC(C)(C)Oc1cccc(S(OS(=O)(=O)CC(F)(F)F)(c2cccc(OC(C)(C)C)c2)c2cccc(OC(C)(C)C)c2)c1. The van der Waals surface area contributed by atoms with E-state index in [1.54, 1.807) is 72.8 Å². The van der Waals surface area contributed by atoms with E-state index in [2.05, 4.69) is 0 Å². The molecule has 238 valence electrons. The molecule has 0 amide bonds. The lowest BCUT2D eigenvalue weighted by Crippen LogP contribution is -2.27. The van der Waals surface area contributed by atoms with Crippen LogP contribution in [0.15, 0.2) is 87.5 Å². The van der Waals surface area contributed by atoms with Crippen molar-refractivity contribution in [1.29, 1.82) is 0 Å². The molecule has 0 N–H and O–H groups in total. The molecule has 3 rings (SSSR count). The summed E-state index contributed by atoms with van der Waals surface area (Å²) in [5.74, 6) is -0.989. The van der Waals surface area contributed by atoms with E-state index in [1.807, 2.05) is 62.3 Å². The van der Waals surface area contributed by atoms with Crippen molar-refractivity contribution in [2.75, 3.05) is 5.75 Å². The lowest BCUT2D eigenvalue weighted by atomic mass is 10.2. The van der Waals surface area contributed by atoms with E-state index < -0.39 is 49.2 Å². The Bertz CT molecular complexity index is 1370. The average molecular weight is 643 g/mol. The van der Waals surface area contributed by atoms with Crippen molar-refractivity contribution in [2.45, 2.75) is 100.0 Å². The number of benzene rings is 3. The van der Waals surface area contributed by atoms with Crippen LogP contribution in [0.4, 0.5) is 13.2 Å². The van der Waals surface area contributed by atoms with E-state index in [9.17, 15) is 21.6 Å². The van der Waals surface area contributed by atoms with Crippen LogP contribution >= 0.6 is 10.3 Å². The van der Waals surface area contributed by atoms with Crippen LogP contribution in [-0.4, -0.2) is 37.2 Å². The Morgan fingerprint density at radius 3 is 1.12 bits per heavy atom. The molecule has 0 heterocycles. The van der Waals surface area contributed by atoms with Crippen LogP contribution in [-0.2, 0) is 13.7 Å². The van der Waals surface area contributed by atoms with Gasteiger partial charge in [0.15, 0.2) is 5.75 Å². The van der Waals surface area contributed by atoms with Gasteiger partial charge in [-0.15, -0.1) is 0 Å². The van der Waals surface area contributed by atoms with E-state index in [1.165, 1.54) is 0 Å². The van der Waals surface area contributed by atoms with Gasteiger partial charge in [0.25, 0.3) is 10.1 Å². The number of ether oxygens (including phenoxy) is 3. The molecule has 0 saturated heterocycles. The van der Waals surface area contributed by atoms with Gasteiger partial charge in [0.2, 0.25) is 0 Å². The van der Waals surface area contributed by atoms with Gasteiger partial charge in [0.1, 0.15) is 34.1 Å². The molecule has 0 aromatic heterocycles. The van der Waals surface area contributed by atoms with E-state index in [0.29, 0.717) is 31.9 Å². The molecular formula is C32H41F3O6S2. The second-order valence-corrected chi connectivity index (χ2v) is 17.5. The molecule has 0 unspecified atom stereocenters. The first-order valence-electron chi connectivity index (χ1n) is 13.7. The zero-order valence-electron chi connectivity index (χ0n) is 26.0. The standard InChI is InChI=1S/C32H41F3O6S2/c1-29(2,3)38-23-13-10-16-26(19-23)43(41-42(36,37)22-32(33,34)35,27-17-11-14-24(20-27)39-30(4,5)6)28-18-12-15-25(21-28)40-31(7,8)9/h10-21H,22H2,1-9H3. The van der Waals surface area contributed by atoms with Crippen molar-refractivity contribution in [1.82, 2.24) is 0 Å². The molecule has 0 radical (unpaired) electrons. The summed E-state index contributed by atoms with van der Waals surface area (Å²) in [6.07, 6.45) is -5.03. The summed E-state index contributed by atoms with van der Waals surface area (Å²) in [6, 6.07) is 19.8. The first-order valence-corrected chi connectivity index (χ1v) is 16.8. The zero-order chi connectivity index (χ0) is 32.5. The fourth-order valence-corrected chi connectivity index (χ4v) is 9.37. The molecule has 43 heavy (non-hydrogen) atoms. The highest BCUT2D eigenvalue weighted by Crippen LogP contribution is 2.71. The molecule has 0 atom stereocenters. The molecule has 0 aliphatic rings. The summed E-state index contributed by atoms with van der Waals surface area (Å²) in [5, 5.41) is 0. The van der Waals surface area contributed by atoms with Gasteiger partial charge < -0.3 is 14.2 Å². The largest absolute Gasteiger partial charge is 0.488 e. The van der Waals surface area contributed by atoms with Gasteiger partial charge in [0.05, 0.1) is 0 Å². The molecule has 3 aromatic carbocycles. The summed E-state index contributed by atoms with van der Waals surface area (Å²) in [4.78, 5) is 0.919. The van der Waals surface area contributed by atoms with Crippen molar-refractivity contribution in [2.24, 2.45) is 0 Å². The average Bonchev–Trinajstić information content (AvgIpc) is 2.78. The molecule has 3 aromatic rings. The van der Waals surface area contributed by atoms with Crippen molar-refractivity contribution >= 4 is 20.4 Å². The van der Waals surface area contributed by atoms with Crippen LogP contribution in [0, 0.1) is 0 Å². The minimum absolute atomic E-state index is 0.306. The Morgan fingerprint density at radius 1 is 0.558 bits per heavy atom. The van der Waals surface area contributed by atoms with Gasteiger partial charge in [-0.2, -0.15) is 21.6 Å². The minimum atomic E-state index is -5.20. The highest BCUT2D eigenvalue weighted by molar-refractivity contribution is 8.33. The zero-order valence-corrected chi connectivity index (χ0v) is 27.7. The van der Waals surface area contributed by atoms with E-state index >= 15 is 0 Å². The summed E-state index contributed by atoms with van der Waals surface area (Å²) >= 11 is 0. The van der Waals surface area contributed by atoms with E-state index in [4.69, 9.17) is 17.8 Å². The van der Waals surface area contributed by atoms with Crippen LogP contribution in [0.5, 0.6) is 17.2 Å². The maximum atomic E-state index is 13.6. The first kappa shape index (κ1) is 34.6. The Kier molecular flexibility index (Phi) is 9.85. The monoisotopic (exact) mass is 642 g/mol. The number of hydrogen-bond acceptors (Lipinski definition) is 6. The van der Waals surface area contributed by atoms with E-state index in [0.717, 1.165) is 0 Å². The van der Waals surface area contributed by atoms with Crippen molar-refractivity contribution < 1.29 is 39.4 Å². The fraction of sp³-hybridized carbons (Fsp3) is 0.438. The van der Waals surface area contributed by atoms with Crippen LogP contribution < -0.4 is 14.2 Å². The summed E-state index contributed by atoms with van der Waals surface area (Å²) in [6.45, 7) is 16.7. The molecule has 0 saturated carbocycles. The lowest BCUT2D eigenvalue weighted by molar-refractivity contribution is -0.107. The summed E-state index contributed by atoms with van der Waals surface area (Å²) in [5.41, 5.74) is -1.83. The number of halogens is 3. The smallest absolute Gasteiger partial charge is 0.405 e. The normalized spacial score (nSPS) is 13.9. The Hall–Kier alpha value is -2.89. The third-order valence-corrected chi connectivity index (χ3v) is 10.3. The van der Waals surface area contributed by atoms with Crippen molar-refractivity contribution in [3.8, 4) is 17.2 Å². The third-order valence-electron chi connectivity index (χ3n) is 5.23. The van der Waals surface area contributed by atoms with Crippen LogP contribution in [0.2, 0.25) is 0 Å². The minimum Gasteiger partial charge on any atom is -0.488 e. The number of hydrogen-bond donors (Lipinski definition) is 0. The third kappa shape index (κ3) is 10.4. The second-order valence-electron chi connectivity index (χ2n) is 13.0. The first-order chi connectivity index (χ1) is 19.5. The highest BCUT2D eigenvalue weighted by atomic mass is 32.3. The predicted octanol–water partition coefficient (Wildman–Crippen LogP) is 9.32. The molecular weight excluding hydrogens is 601 g/mol. The molecule has 0 fully saturated rings. The number of alkyl halides is 3. The van der Waals surface area contributed by atoms with Gasteiger partial charge in [0, 0.05) is 14.7 Å². The van der Waals surface area contributed by atoms with Gasteiger partial charge in [-0.3, -0.25) is 0 Å². The van der Waals surface area contributed by atoms with E-state index in [-0.39, 0.29) is 0 Å². The van der Waals surface area contributed by atoms with Gasteiger partial charge in [-0.25, -0.2) is 3.63 Å². The fourth-order valence-electron chi connectivity index (χ4n) is 4.12. The topological polar surface area (TPSA) is 71.1 Å². The quantitative estimate of drug-likeness (QED) is 0.232. The van der Waals surface area contributed by atoms with Crippen LogP contribution in [0.3, 0.4) is 0 Å². The molecule has 0 spiro atoms. The molecule has 0 aliphatic carbocycles. The van der Waals surface area contributed by atoms with Crippen LogP contribution in [0.1, 0.15) is 62.3 Å². The molecule has 0 bridgehead atoms. The molecule has 0 aliphatic heterocycles. The van der Waals surface area contributed by atoms with Gasteiger partial charge >= 0.3 is 6.18 Å². The summed E-state index contributed by atoms with van der Waals surface area (Å²) in [7, 11) is -8.62. The number of rotatable bonds is 9. The Morgan fingerprint density at radius 2 is 0.860 bits per heavy atom. The predicted molar refractivity (Wildman–Crippen MR) is 164 cm³/mol.